The van der Waals surface area contributed by atoms with E-state index in [1.165, 1.54) is 0 Å². The van der Waals surface area contributed by atoms with Crippen molar-refractivity contribution in [3.05, 3.63) is 60.2 Å². The predicted octanol–water partition coefficient (Wildman–Crippen LogP) is 5.89. The first-order chi connectivity index (χ1) is 13.1. The van der Waals surface area contributed by atoms with Crippen molar-refractivity contribution >= 4 is 17.6 Å². The lowest BCUT2D eigenvalue weighted by Crippen LogP contribution is -2.23. The molecule has 0 N–H and O–H groups in total. The van der Waals surface area contributed by atoms with Crippen LogP contribution in [0.5, 0.6) is 0 Å². The number of hydrogen-bond donors (Lipinski definition) is 0. The Morgan fingerprint density at radius 2 is 1.54 bits per heavy atom. The fourth-order valence-corrected chi connectivity index (χ4v) is 2.75. The van der Waals surface area contributed by atoms with Gasteiger partial charge in [-0.15, -0.1) is 0 Å². The summed E-state index contributed by atoms with van der Waals surface area (Å²) < 4.78 is 5.31. The maximum absolute atomic E-state index is 12.2. The summed E-state index contributed by atoms with van der Waals surface area (Å²) in [7, 11) is 0. The SMILES string of the molecule is CC(=O)C(C)CC(Cc1ccc(-c2ccccc2)cc1)=NC(=O)OC(C)(C)C. The smallest absolute Gasteiger partial charge is 0.434 e. The monoisotopic (exact) mass is 379 g/mol. The van der Waals surface area contributed by atoms with Gasteiger partial charge < -0.3 is 4.74 Å². The van der Waals surface area contributed by atoms with Crippen molar-refractivity contribution in [2.75, 3.05) is 0 Å². The van der Waals surface area contributed by atoms with Gasteiger partial charge in [0.1, 0.15) is 11.4 Å². The van der Waals surface area contributed by atoms with Gasteiger partial charge in [0.2, 0.25) is 0 Å². The molecule has 1 amide bonds. The standard InChI is InChI=1S/C24H29NO3/c1-17(18(2)26)15-22(25-23(27)28-24(3,4)5)16-19-11-13-21(14-12-19)20-9-7-6-8-10-20/h6-14,17H,15-16H2,1-5H3. The number of benzene rings is 2. The highest BCUT2D eigenvalue weighted by Gasteiger charge is 2.18. The summed E-state index contributed by atoms with van der Waals surface area (Å²) in [4.78, 5) is 28.0. The molecule has 1 atom stereocenters. The number of ether oxygens (including phenoxy) is 1. The summed E-state index contributed by atoms with van der Waals surface area (Å²) in [6.45, 7) is 8.83. The Morgan fingerprint density at radius 3 is 2.07 bits per heavy atom. The van der Waals surface area contributed by atoms with Crippen LogP contribution in [0.1, 0.15) is 46.6 Å². The van der Waals surface area contributed by atoms with Crippen LogP contribution in [-0.4, -0.2) is 23.2 Å². The van der Waals surface area contributed by atoms with Crippen LogP contribution in [0.25, 0.3) is 11.1 Å². The van der Waals surface area contributed by atoms with Crippen LogP contribution in [0, 0.1) is 5.92 Å². The summed E-state index contributed by atoms with van der Waals surface area (Å²) in [5.74, 6) is -0.110. The minimum absolute atomic E-state index is 0.0799. The molecule has 0 aromatic heterocycles. The molecule has 0 spiro atoms. The van der Waals surface area contributed by atoms with E-state index in [1.807, 2.05) is 37.3 Å². The molecule has 4 heteroatoms. The Kier molecular flexibility index (Phi) is 7.27. The average Bonchev–Trinajstić information content (AvgIpc) is 2.61. The number of hydrogen-bond acceptors (Lipinski definition) is 3. The van der Waals surface area contributed by atoms with E-state index in [0.29, 0.717) is 18.6 Å². The molecule has 0 aliphatic carbocycles. The Hall–Kier alpha value is -2.75. The van der Waals surface area contributed by atoms with Crippen LogP contribution in [0.2, 0.25) is 0 Å². The van der Waals surface area contributed by atoms with E-state index in [9.17, 15) is 9.59 Å². The van der Waals surface area contributed by atoms with Crippen LogP contribution in [0.15, 0.2) is 59.6 Å². The zero-order valence-electron chi connectivity index (χ0n) is 17.4. The van der Waals surface area contributed by atoms with Gasteiger partial charge in [0.25, 0.3) is 0 Å². The van der Waals surface area contributed by atoms with Crippen molar-refractivity contribution in [2.24, 2.45) is 10.9 Å². The number of Topliss-reactive ketones (excluding diaryl/α,β-unsaturated/α-hetero) is 1. The molecule has 0 heterocycles. The van der Waals surface area contributed by atoms with Crippen LogP contribution >= 0.6 is 0 Å². The second-order valence-electron chi connectivity index (χ2n) is 8.11. The molecule has 1 unspecified atom stereocenters. The lowest BCUT2D eigenvalue weighted by molar-refractivity contribution is -0.120. The number of rotatable bonds is 6. The molecule has 0 bridgehead atoms. The van der Waals surface area contributed by atoms with Crippen molar-refractivity contribution in [3.8, 4) is 11.1 Å². The minimum atomic E-state index is -0.612. The van der Waals surface area contributed by atoms with Crippen LogP contribution in [-0.2, 0) is 16.0 Å². The Morgan fingerprint density at radius 1 is 0.964 bits per heavy atom. The molecule has 4 nitrogen and oxygen atoms in total. The van der Waals surface area contributed by atoms with Crippen LogP contribution in [0.4, 0.5) is 4.79 Å². The highest BCUT2D eigenvalue weighted by Crippen LogP contribution is 2.20. The van der Waals surface area contributed by atoms with Gasteiger partial charge in [-0.2, -0.15) is 4.99 Å². The first-order valence-corrected chi connectivity index (χ1v) is 9.58. The highest BCUT2D eigenvalue weighted by atomic mass is 16.6. The molecule has 0 fully saturated rings. The number of nitrogens with zero attached hydrogens (tertiary/aromatic N) is 1. The molecular formula is C24H29NO3. The van der Waals surface area contributed by atoms with Crippen LogP contribution < -0.4 is 0 Å². The molecular weight excluding hydrogens is 350 g/mol. The molecule has 0 saturated heterocycles. The predicted molar refractivity (Wildman–Crippen MR) is 114 cm³/mol. The maximum atomic E-state index is 12.2. The second-order valence-corrected chi connectivity index (χ2v) is 8.11. The lowest BCUT2D eigenvalue weighted by atomic mass is 9.95. The fourth-order valence-electron chi connectivity index (χ4n) is 2.75. The molecule has 0 aliphatic heterocycles. The number of ketones is 1. The molecule has 28 heavy (non-hydrogen) atoms. The molecule has 0 radical (unpaired) electrons. The van der Waals surface area contributed by atoms with Gasteiger partial charge in [-0.1, -0.05) is 61.5 Å². The third kappa shape index (κ3) is 7.10. The van der Waals surface area contributed by atoms with Crippen molar-refractivity contribution in [2.45, 2.75) is 53.1 Å². The molecule has 148 valence electrons. The molecule has 2 rings (SSSR count). The van der Waals surface area contributed by atoms with E-state index in [4.69, 9.17) is 4.74 Å². The zero-order valence-corrected chi connectivity index (χ0v) is 17.4. The first kappa shape index (κ1) is 21.5. The second kappa shape index (κ2) is 9.45. The van der Waals surface area contributed by atoms with Crippen molar-refractivity contribution in [3.63, 3.8) is 0 Å². The largest absolute Gasteiger partial charge is 0.442 e. The number of amides is 1. The first-order valence-electron chi connectivity index (χ1n) is 9.58. The van der Waals surface area contributed by atoms with Gasteiger partial charge in [-0.05, 0) is 50.8 Å². The summed E-state index contributed by atoms with van der Waals surface area (Å²) in [5.41, 5.74) is 3.38. The molecule has 0 aliphatic rings. The molecule has 0 saturated carbocycles. The van der Waals surface area contributed by atoms with Crippen molar-refractivity contribution in [1.82, 2.24) is 0 Å². The maximum Gasteiger partial charge on any atom is 0.434 e. The van der Waals surface area contributed by atoms with E-state index in [1.54, 1.807) is 27.7 Å². The van der Waals surface area contributed by atoms with E-state index >= 15 is 0 Å². The third-order valence-corrected chi connectivity index (χ3v) is 4.35. The Bertz CT molecular complexity index is 830. The van der Waals surface area contributed by atoms with E-state index < -0.39 is 11.7 Å². The summed E-state index contributed by atoms with van der Waals surface area (Å²) in [6.07, 6.45) is 0.333. The highest BCUT2D eigenvalue weighted by molar-refractivity contribution is 5.97. The van der Waals surface area contributed by atoms with Gasteiger partial charge >= 0.3 is 6.09 Å². The van der Waals surface area contributed by atoms with Gasteiger partial charge in [0, 0.05) is 18.1 Å². The van der Waals surface area contributed by atoms with E-state index in [2.05, 4.69) is 29.3 Å². The molecule has 2 aromatic rings. The van der Waals surface area contributed by atoms with E-state index in [-0.39, 0.29) is 11.7 Å². The Balaban J connectivity index is 2.19. The molecule has 2 aromatic carbocycles. The quantitative estimate of drug-likeness (QED) is 0.588. The van der Waals surface area contributed by atoms with Gasteiger partial charge in [-0.3, -0.25) is 4.79 Å². The van der Waals surface area contributed by atoms with Gasteiger partial charge in [-0.25, -0.2) is 4.79 Å². The summed E-state index contributed by atoms with van der Waals surface area (Å²) in [6, 6.07) is 18.3. The number of aliphatic imine (C=N–C) groups is 1. The number of carbonyl (C=O) groups excluding carboxylic acids is 2. The lowest BCUT2D eigenvalue weighted by Gasteiger charge is -2.18. The topological polar surface area (TPSA) is 55.7 Å². The van der Waals surface area contributed by atoms with Gasteiger partial charge in [0.05, 0.1) is 0 Å². The fraction of sp³-hybridized carbons (Fsp3) is 0.375. The normalized spacial score (nSPS) is 13.1. The summed E-state index contributed by atoms with van der Waals surface area (Å²) in [5, 5.41) is 0. The number of carbonyl (C=O) groups is 2. The minimum Gasteiger partial charge on any atom is -0.442 e. The summed E-state index contributed by atoms with van der Waals surface area (Å²) >= 11 is 0. The van der Waals surface area contributed by atoms with Crippen molar-refractivity contribution in [1.29, 1.82) is 0 Å². The van der Waals surface area contributed by atoms with Crippen LogP contribution in [0.3, 0.4) is 0 Å². The van der Waals surface area contributed by atoms with Crippen molar-refractivity contribution < 1.29 is 14.3 Å². The van der Waals surface area contributed by atoms with E-state index in [0.717, 1.165) is 16.7 Å². The Labute approximate surface area is 167 Å². The zero-order chi connectivity index (χ0) is 20.7. The third-order valence-electron chi connectivity index (χ3n) is 4.35. The average molecular weight is 380 g/mol. The van der Waals surface area contributed by atoms with Gasteiger partial charge in [0.15, 0.2) is 0 Å².